The molecule has 0 bridgehead atoms. The normalized spacial score (nSPS) is 20.2. The average Bonchev–Trinajstić information content (AvgIpc) is 3.82. The maximum Gasteiger partial charge on any atom is 0.246 e. The summed E-state index contributed by atoms with van der Waals surface area (Å²) in [6.45, 7) is 15.2. The van der Waals surface area contributed by atoms with Crippen molar-refractivity contribution in [2.75, 3.05) is 52.7 Å². The molecule has 4 N–H and O–H groups in total. The Bertz CT molecular complexity index is 1230. The minimum absolute atomic E-state index is 0.0322. The number of carbonyl (C=O) groups is 5. The number of amides is 4. The van der Waals surface area contributed by atoms with Gasteiger partial charge in [0.05, 0.1) is 32.5 Å². The number of Topliss-reactive ketones (excluding diaryl/α,β-unsaturated/α-hetero) is 1. The lowest BCUT2D eigenvalue weighted by Crippen LogP contribution is -2.58. The SMILES string of the molecule is CC(C)CC(NC(=O)[C@H](CCc1ccccc1)NC(=O)COCCN1CCOCC1)C(=O)N[C@@H](C)C(=O)N[C@@H](CC(C)C)C(=O)[C@@]1(C)CO1. The van der Waals surface area contributed by atoms with E-state index in [9.17, 15) is 24.0 Å². The Balaban J connectivity index is 1.61. The van der Waals surface area contributed by atoms with Crippen molar-refractivity contribution in [3.8, 4) is 0 Å². The molecule has 274 valence electrons. The Morgan fingerprint density at radius 2 is 1.41 bits per heavy atom. The molecule has 0 radical (unpaired) electrons. The molecule has 4 amide bonds. The fourth-order valence-electron chi connectivity index (χ4n) is 5.62. The van der Waals surface area contributed by atoms with Gasteiger partial charge in [-0.15, -0.1) is 0 Å². The van der Waals surface area contributed by atoms with Crippen molar-refractivity contribution in [1.29, 1.82) is 0 Å². The van der Waals surface area contributed by atoms with Crippen molar-refractivity contribution < 1.29 is 38.2 Å². The molecule has 2 saturated heterocycles. The Kier molecular flexibility index (Phi) is 16.1. The average molecular weight is 688 g/mol. The fourth-order valence-corrected chi connectivity index (χ4v) is 5.62. The van der Waals surface area contributed by atoms with E-state index in [4.69, 9.17) is 14.2 Å². The largest absolute Gasteiger partial charge is 0.379 e. The third kappa shape index (κ3) is 14.2. The molecule has 0 spiro atoms. The van der Waals surface area contributed by atoms with E-state index in [1.165, 1.54) is 6.92 Å². The lowest BCUT2D eigenvalue weighted by atomic mass is 9.93. The molecule has 3 rings (SSSR count). The number of hydrogen-bond acceptors (Lipinski definition) is 9. The van der Waals surface area contributed by atoms with Crippen LogP contribution in [0.15, 0.2) is 30.3 Å². The molecule has 0 saturated carbocycles. The van der Waals surface area contributed by atoms with Crippen molar-refractivity contribution in [1.82, 2.24) is 26.2 Å². The number of ketones is 1. The second-order valence-electron chi connectivity index (χ2n) is 14.1. The molecule has 2 heterocycles. The number of carbonyl (C=O) groups excluding carboxylic acids is 5. The second-order valence-corrected chi connectivity index (χ2v) is 14.1. The molecule has 13 heteroatoms. The third-order valence-corrected chi connectivity index (χ3v) is 8.64. The van der Waals surface area contributed by atoms with E-state index in [1.807, 2.05) is 58.0 Å². The Hall–Kier alpha value is -3.39. The maximum absolute atomic E-state index is 13.7. The van der Waals surface area contributed by atoms with Crippen molar-refractivity contribution in [3.05, 3.63) is 35.9 Å². The van der Waals surface area contributed by atoms with Gasteiger partial charge in [-0.2, -0.15) is 0 Å². The van der Waals surface area contributed by atoms with Crippen LogP contribution in [-0.4, -0.2) is 117 Å². The predicted octanol–water partition coefficient (Wildman–Crippen LogP) is 1.38. The highest BCUT2D eigenvalue weighted by molar-refractivity contribution is 5.98. The molecule has 2 aliphatic heterocycles. The Morgan fingerprint density at radius 1 is 0.816 bits per heavy atom. The van der Waals surface area contributed by atoms with Gasteiger partial charge in [0.1, 0.15) is 30.3 Å². The van der Waals surface area contributed by atoms with Gasteiger partial charge >= 0.3 is 0 Å². The second kappa shape index (κ2) is 19.7. The molecule has 1 aromatic carbocycles. The van der Waals surface area contributed by atoms with Crippen LogP contribution in [0.1, 0.15) is 66.4 Å². The minimum atomic E-state index is -0.974. The van der Waals surface area contributed by atoms with Crippen LogP contribution in [0.4, 0.5) is 0 Å². The minimum Gasteiger partial charge on any atom is -0.379 e. The molecule has 1 aromatic rings. The van der Waals surface area contributed by atoms with Gasteiger partial charge in [-0.25, -0.2) is 0 Å². The summed E-state index contributed by atoms with van der Waals surface area (Å²) in [4.78, 5) is 68.5. The van der Waals surface area contributed by atoms with E-state index < -0.39 is 53.4 Å². The third-order valence-electron chi connectivity index (χ3n) is 8.64. The van der Waals surface area contributed by atoms with E-state index in [1.54, 1.807) is 6.92 Å². The quantitative estimate of drug-likeness (QED) is 0.110. The van der Waals surface area contributed by atoms with Crippen LogP contribution in [0.25, 0.3) is 0 Å². The number of epoxide rings is 1. The van der Waals surface area contributed by atoms with Gasteiger partial charge in [-0.05, 0) is 56.9 Å². The van der Waals surface area contributed by atoms with Crippen LogP contribution < -0.4 is 21.3 Å². The van der Waals surface area contributed by atoms with Crippen molar-refractivity contribution in [2.24, 2.45) is 11.8 Å². The maximum atomic E-state index is 13.7. The molecule has 49 heavy (non-hydrogen) atoms. The van der Waals surface area contributed by atoms with Gasteiger partial charge in [-0.1, -0.05) is 58.0 Å². The Morgan fingerprint density at radius 3 is 2.02 bits per heavy atom. The molecular formula is C36H57N5O8. The number of aryl methyl sites for hydroxylation is 1. The van der Waals surface area contributed by atoms with E-state index >= 15 is 0 Å². The van der Waals surface area contributed by atoms with Gasteiger partial charge in [-0.3, -0.25) is 28.9 Å². The number of hydrogen-bond donors (Lipinski definition) is 4. The first kappa shape index (κ1) is 40.0. The van der Waals surface area contributed by atoms with Gasteiger partial charge < -0.3 is 35.5 Å². The molecular weight excluding hydrogens is 630 g/mol. The molecule has 5 atom stereocenters. The van der Waals surface area contributed by atoms with Crippen LogP contribution >= 0.6 is 0 Å². The summed E-state index contributed by atoms with van der Waals surface area (Å²) >= 11 is 0. The number of nitrogens with zero attached hydrogens (tertiary/aromatic N) is 1. The fraction of sp³-hybridized carbons (Fsp3) is 0.694. The van der Waals surface area contributed by atoms with E-state index in [0.29, 0.717) is 58.7 Å². The first-order chi connectivity index (χ1) is 23.3. The van der Waals surface area contributed by atoms with Crippen LogP contribution in [0, 0.1) is 11.8 Å². The van der Waals surface area contributed by atoms with E-state index in [-0.39, 0.29) is 24.2 Å². The summed E-state index contributed by atoms with van der Waals surface area (Å²) in [6.07, 6.45) is 1.57. The summed E-state index contributed by atoms with van der Waals surface area (Å²) in [6, 6.07) is 6.02. The van der Waals surface area contributed by atoms with Crippen LogP contribution in [0.3, 0.4) is 0 Å². The predicted molar refractivity (Wildman–Crippen MR) is 185 cm³/mol. The first-order valence-electron chi connectivity index (χ1n) is 17.6. The van der Waals surface area contributed by atoms with Gasteiger partial charge in [0.2, 0.25) is 23.6 Å². The van der Waals surface area contributed by atoms with Crippen LogP contribution in [0.2, 0.25) is 0 Å². The lowest BCUT2D eigenvalue weighted by molar-refractivity contribution is -0.135. The highest BCUT2D eigenvalue weighted by atomic mass is 16.6. The van der Waals surface area contributed by atoms with Gasteiger partial charge in [0, 0.05) is 19.6 Å². The monoisotopic (exact) mass is 687 g/mol. The van der Waals surface area contributed by atoms with Crippen LogP contribution in [0.5, 0.6) is 0 Å². The number of nitrogens with one attached hydrogen (secondary N) is 4. The van der Waals surface area contributed by atoms with Crippen LogP contribution in [-0.2, 0) is 44.6 Å². The number of ether oxygens (including phenoxy) is 3. The highest BCUT2D eigenvalue weighted by Gasteiger charge is 2.50. The van der Waals surface area contributed by atoms with E-state index in [0.717, 1.165) is 18.7 Å². The van der Waals surface area contributed by atoms with Gasteiger partial charge in [0.15, 0.2) is 5.78 Å². The van der Waals surface area contributed by atoms with Crippen molar-refractivity contribution in [3.63, 3.8) is 0 Å². The standard InChI is InChI=1S/C36H57N5O8/c1-24(2)20-29(32(43)36(6)23-49-36)39-33(44)26(5)37-35(46)30(21-25(3)4)40-34(45)28(13-12-27-10-8-7-9-11-27)38-31(42)22-48-19-16-41-14-17-47-18-15-41/h7-11,24-26,28-30H,12-23H2,1-6H3,(H,37,46)(H,38,42)(H,39,44)(H,40,45)/t26-,28-,29-,30?,36+/m0/s1. The van der Waals surface area contributed by atoms with Crippen molar-refractivity contribution >= 4 is 29.4 Å². The summed E-state index contributed by atoms with van der Waals surface area (Å²) in [7, 11) is 0. The molecule has 0 aromatic heterocycles. The van der Waals surface area contributed by atoms with Crippen molar-refractivity contribution in [2.45, 2.75) is 97.0 Å². The zero-order valence-electron chi connectivity index (χ0n) is 30.0. The molecule has 13 nitrogen and oxygen atoms in total. The number of benzene rings is 1. The van der Waals surface area contributed by atoms with E-state index in [2.05, 4.69) is 26.2 Å². The smallest absolute Gasteiger partial charge is 0.246 e. The summed E-state index contributed by atoms with van der Waals surface area (Å²) in [5, 5.41) is 11.1. The summed E-state index contributed by atoms with van der Waals surface area (Å²) in [5.41, 5.74) is 0.108. The first-order valence-corrected chi connectivity index (χ1v) is 17.6. The molecule has 0 aliphatic carbocycles. The number of morpholine rings is 1. The lowest BCUT2D eigenvalue weighted by Gasteiger charge is -2.27. The molecule has 2 aliphatic rings. The molecule has 1 unspecified atom stereocenters. The summed E-state index contributed by atoms with van der Waals surface area (Å²) < 4.78 is 16.3. The zero-order chi connectivity index (χ0) is 36.0. The zero-order valence-corrected chi connectivity index (χ0v) is 30.0. The topological polar surface area (TPSA) is 168 Å². The summed E-state index contributed by atoms with van der Waals surface area (Å²) in [5.74, 6) is -1.99. The Labute approximate surface area is 290 Å². The highest BCUT2D eigenvalue weighted by Crippen LogP contribution is 2.29. The molecule has 2 fully saturated rings. The van der Waals surface area contributed by atoms with Gasteiger partial charge in [0.25, 0.3) is 0 Å². The number of rotatable bonds is 21.